The molecular weight excluding hydrogens is 243 g/mol. The van der Waals surface area contributed by atoms with E-state index in [-0.39, 0.29) is 23.1 Å². The van der Waals surface area contributed by atoms with Gasteiger partial charge in [-0.05, 0) is 23.1 Å². The van der Waals surface area contributed by atoms with Crippen molar-refractivity contribution in [3.05, 3.63) is 29.3 Å². The highest BCUT2D eigenvalue weighted by atomic mass is 19.4. The van der Waals surface area contributed by atoms with Gasteiger partial charge in [0, 0.05) is 12.0 Å². The van der Waals surface area contributed by atoms with Crippen LogP contribution < -0.4 is 10.5 Å². The highest BCUT2D eigenvalue weighted by Gasteiger charge is 2.56. The molecule has 0 saturated heterocycles. The Morgan fingerprint density at radius 3 is 2.22 bits per heavy atom. The van der Waals surface area contributed by atoms with Gasteiger partial charge in [0.25, 0.3) is 0 Å². The number of benzene rings is 1. The van der Waals surface area contributed by atoms with Gasteiger partial charge in [-0.1, -0.05) is 19.9 Å². The third kappa shape index (κ3) is 1.96. The molecule has 0 amide bonds. The molecule has 100 valence electrons. The number of alkyl halides is 3. The van der Waals surface area contributed by atoms with Crippen LogP contribution in [0.15, 0.2) is 18.2 Å². The molecule has 1 aliphatic rings. The zero-order valence-corrected chi connectivity index (χ0v) is 10.5. The molecular formula is C13H16F3NO. The fourth-order valence-electron chi connectivity index (χ4n) is 2.46. The molecule has 0 aromatic heterocycles. The van der Waals surface area contributed by atoms with Gasteiger partial charge in [-0.25, -0.2) is 0 Å². The second-order valence-electron chi connectivity index (χ2n) is 5.28. The van der Waals surface area contributed by atoms with Gasteiger partial charge < -0.3 is 10.5 Å². The number of nitrogens with two attached hydrogens (primary N) is 1. The zero-order chi connectivity index (χ0) is 13.7. The van der Waals surface area contributed by atoms with Gasteiger partial charge in [-0.15, -0.1) is 0 Å². The average Bonchev–Trinajstić information content (AvgIpc) is 2.76. The number of halogens is 3. The quantitative estimate of drug-likeness (QED) is 0.885. The van der Waals surface area contributed by atoms with Crippen LogP contribution in [0, 0.1) is 5.41 Å². The van der Waals surface area contributed by atoms with Crippen molar-refractivity contribution in [3.63, 3.8) is 0 Å². The average molecular weight is 259 g/mol. The van der Waals surface area contributed by atoms with Gasteiger partial charge in [0.15, 0.2) is 0 Å². The molecule has 1 aliphatic carbocycles. The first kappa shape index (κ1) is 13.2. The fraction of sp³-hybridized carbons (Fsp3) is 0.538. The van der Waals surface area contributed by atoms with Crippen molar-refractivity contribution in [2.75, 3.05) is 7.11 Å². The number of hydrogen-bond acceptors (Lipinski definition) is 2. The summed E-state index contributed by atoms with van der Waals surface area (Å²) >= 11 is 0. The predicted octanol–water partition coefficient (Wildman–Crippen LogP) is 3.16. The number of rotatable bonds is 2. The largest absolute Gasteiger partial charge is 0.496 e. The molecule has 0 radical (unpaired) electrons. The molecule has 0 spiro atoms. The summed E-state index contributed by atoms with van der Waals surface area (Å²) < 4.78 is 43.4. The van der Waals surface area contributed by atoms with E-state index in [1.165, 1.54) is 13.2 Å². The first-order valence-corrected chi connectivity index (χ1v) is 5.70. The third-order valence-electron chi connectivity index (χ3n) is 3.80. The lowest BCUT2D eigenvalue weighted by atomic mass is 10.0. The Hall–Kier alpha value is -1.23. The molecule has 18 heavy (non-hydrogen) atoms. The van der Waals surface area contributed by atoms with E-state index in [0.29, 0.717) is 5.56 Å². The molecule has 2 nitrogen and oxygen atoms in total. The molecule has 2 N–H and O–H groups in total. The summed E-state index contributed by atoms with van der Waals surface area (Å²) in [7, 11) is 1.23. The van der Waals surface area contributed by atoms with Crippen LogP contribution in [0.1, 0.15) is 30.9 Å². The lowest BCUT2D eigenvalue weighted by molar-refractivity contribution is -0.138. The monoisotopic (exact) mass is 259 g/mol. The van der Waals surface area contributed by atoms with Crippen LogP contribution in [0.25, 0.3) is 0 Å². The summed E-state index contributed by atoms with van der Waals surface area (Å²) in [5.74, 6) is -0.178. The van der Waals surface area contributed by atoms with E-state index >= 15 is 0 Å². The lowest BCUT2D eigenvalue weighted by Crippen LogP contribution is -2.09. The maximum atomic E-state index is 12.9. The Morgan fingerprint density at radius 1 is 1.28 bits per heavy atom. The summed E-state index contributed by atoms with van der Waals surface area (Å²) in [6.07, 6.45) is -4.41. The van der Waals surface area contributed by atoms with Crippen molar-refractivity contribution >= 4 is 0 Å². The highest BCUT2D eigenvalue weighted by Crippen LogP contribution is 2.58. The van der Waals surface area contributed by atoms with Crippen LogP contribution in [0.5, 0.6) is 5.75 Å². The Labute approximate surface area is 104 Å². The fourth-order valence-corrected chi connectivity index (χ4v) is 2.46. The van der Waals surface area contributed by atoms with Crippen LogP contribution in [0.4, 0.5) is 13.2 Å². The topological polar surface area (TPSA) is 35.2 Å². The molecule has 2 atom stereocenters. The summed E-state index contributed by atoms with van der Waals surface area (Å²) in [5, 5.41) is 0. The van der Waals surface area contributed by atoms with Gasteiger partial charge in [0.2, 0.25) is 0 Å². The predicted molar refractivity (Wildman–Crippen MR) is 62.5 cm³/mol. The normalized spacial score (nSPS) is 25.9. The minimum atomic E-state index is -4.41. The first-order valence-electron chi connectivity index (χ1n) is 5.70. The van der Waals surface area contributed by atoms with E-state index in [9.17, 15) is 13.2 Å². The molecule has 2 rings (SSSR count). The minimum absolute atomic E-state index is 0.0236. The van der Waals surface area contributed by atoms with E-state index in [0.717, 1.165) is 6.07 Å². The van der Waals surface area contributed by atoms with Crippen LogP contribution in [-0.2, 0) is 6.18 Å². The maximum absolute atomic E-state index is 12.9. The molecule has 0 aliphatic heterocycles. The van der Waals surface area contributed by atoms with Crippen molar-refractivity contribution < 1.29 is 17.9 Å². The molecule has 0 unspecified atom stereocenters. The van der Waals surface area contributed by atoms with Crippen molar-refractivity contribution in [1.82, 2.24) is 0 Å². The second-order valence-corrected chi connectivity index (χ2v) is 5.28. The molecule has 1 saturated carbocycles. The Balaban J connectivity index is 2.42. The standard InChI is InChI=1S/C13H16F3NO/c1-12(2)10(11(12)17)7-4-5-9(18-3)8(6-7)13(14,15)16/h4-6,10-11H,17H2,1-3H3/t10-,11-/m0/s1. The number of ether oxygens (including phenoxy) is 1. The molecule has 1 aromatic rings. The molecule has 1 fully saturated rings. The van der Waals surface area contributed by atoms with Gasteiger partial charge in [0.05, 0.1) is 12.7 Å². The molecule has 1 aromatic carbocycles. The zero-order valence-electron chi connectivity index (χ0n) is 10.5. The van der Waals surface area contributed by atoms with E-state index < -0.39 is 11.7 Å². The summed E-state index contributed by atoms with van der Waals surface area (Å²) in [5.41, 5.74) is 5.64. The Morgan fingerprint density at radius 2 is 1.83 bits per heavy atom. The van der Waals surface area contributed by atoms with E-state index in [1.54, 1.807) is 6.07 Å². The summed E-state index contributed by atoms with van der Waals surface area (Å²) in [6.45, 7) is 3.92. The van der Waals surface area contributed by atoms with Gasteiger partial charge in [-0.2, -0.15) is 13.2 Å². The minimum Gasteiger partial charge on any atom is -0.496 e. The second kappa shape index (κ2) is 3.88. The molecule has 5 heteroatoms. The van der Waals surface area contributed by atoms with Gasteiger partial charge in [0.1, 0.15) is 5.75 Å². The highest BCUT2D eigenvalue weighted by molar-refractivity contribution is 5.44. The van der Waals surface area contributed by atoms with Crippen LogP contribution >= 0.6 is 0 Å². The Bertz CT molecular complexity index is 468. The molecule has 0 heterocycles. The summed E-state index contributed by atoms with van der Waals surface area (Å²) in [4.78, 5) is 0. The van der Waals surface area contributed by atoms with E-state index in [1.807, 2.05) is 13.8 Å². The van der Waals surface area contributed by atoms with E-state index in [4.69, 9.17) is 10.5 Å². The number of methoxy groups -OCH3 is 1. The van der Waals surface area contributed by atoms with Gasteiger partial charge in [-0.3, -0.25) is 0 Å². The van der Waals surface area contributed by atoms with Crippen LogP contribution in [0.2, 0.25) is 0 Å². The van der Waals surface area contributed by atoms with Crippen molar-refractivity contribution in [2.24, 2.45) is 11.1 Å². The van der Waals surface area contributed by atoms with Crippen molar-refractivity contribution in [2.45, 2.75) is 32.0 Å². The van der Waals surface area contributed by atoms with Crippen molar-refractivity contribution in [1.29, 1.82) is 0 Å². The molecule has 0 bridgehead atoms. The third-order valence-corrected chi connectivity index (χ3v) is 3.80. The van der Waals surface area contributed by atoms with Gasteiger partial charge >= 0.3 is 6.18 Å². The Kier molecular flexibility index (Phi) is 2.85. The SMILES string of the molecule is COc1ccc([C@H]2[C@H](N)C2(C)C)cc1C(F)(F)F. The number of hydrogen-bond donors (Lipinski definition) is 1. The van der Waals surface area contributed by atoms with Crippen LogP contribution in [0.3, 0.4) is 0 Å². The summed E-state index contributed by atoms with van der Waals surface area (Å²) in [6, 6.07) is 4.08. The van der Waals surface area contributed by atoms with Crippen LogP contribution in [-0.4, -0.2) is 13.2 Å². The van der Waals surface area contributed by atoms with Crippen molar-refractivity contribution in [3.8, 4) is 5.75 Å². The van der Waals surface area contributed by atoms with E-state index in [2.05, 4.69) is 0 Å². The lowest BCUT2D eigenvalue weighted by Gasteiger charge is -2.14. The first-order chi connectivity index (χ1) is 8.19. The smallest absolute Gasteiger partial charge is 0.419 e. The maximum Gasteiger partial charge on any atom is 0.419 e.